The molecule has 2 aliphatic heterocycles. The van der Waals surface area contributed by atoms with Crippen LogP contribution in [0.2, 0.25) is 0 Å². The number of benzene rings is 1. The number of rotatable bonds is 5. The van der Waals surface area contributed by atoms with Gasteiger partial charge in [0.25, 0.3) is 5.91 Å². The van der Waals surface area contributed by atoms with Gasteiger partial charge in [-0.3, -0.25) is 14.8 Å². The van der Waals surface area contributed by atoms with Crippen LogP contribution in [0.15, 0.2) is 36.7 Å². The highest BCUT2D eigenvalue weighted by atomic mass is 19.1. The van der Waals surface area contributed by atoms with Gasteiger partial charge in [-0.05, 0) is 62.9 Å². The normalized spacial score (nSPS) is 19.6. The van der Waals surface area contributed by atoms with Crippen LogP contribution in [0, 0.1) is 19.7 Å². The third-order valence-corrected chi connectivity index (χ3v) is 7.70. The molecule has 2 aliphatic rings. The lowest BCUT2D eigenvalue weighted by Gasteiger charge is -2.48. The molecule has 9 heteroatoms. The Kier molecular flexibility index (Phi) is 7.00. The van der Waals surface area contributed by atoms with Crippen molar-refractivity contribution in [3.05, 3.63) is 59.3 Å². The highest BCUT2D eigenvalue weighted by Crippen LogP contribution is 2.29. The number of piperidine rings is 1. The maximum absolute atomic E-state index is 14.0. The Morgan fingerprint density at radius 1 is 1.11 bits per heavy atom. The number of likely N-dealkylation sites (tertiary alicyclic amines) is 1. The number of halogens is 1. The van der Waals surface area contributed by atoms with Crippen molar-refractivity contribution in [2.45, 2.75) is 52.1 Å². The largest absolute Gasteiger partial charge is 0.367 e. The molecule has 0 unspecified atom stereocenters. The monoisotopic (exact) mass is 491 g/mol. The summed E-state index contributed by atoms with van der Waals surface area (Å²) in [5.41, 5.74) is 3.96. The van der Waals surface area contributed by atoms with Crippen LogP contribution < -0.4 is 4.90 Å². The Balaban J connectivity index is 1.20. The second-order valence-corrected chi connectivity index (χ2v) is 9.87. The van der Waals surface area contributed by atoms with Gasteiger partial charge in [0, 0.05) is 50.4 Å². The highest BCUT2D eigenvalue weighted by Gasteiger charge is 2.34. The second kappa shape index (κ2) is 10.3. The topological polar surface area (TPSA) is 81.2 Å². The van der Waals surface area contributed by atoms with Crippen molar-refractivity contribution >= 4 is 11.6 Å². The van der Waals surface area contributed by atoms with Gasteiger partial charge in [-0.1, -0.05) is 13.0 Å². The molecule has 36 heavy (non-hydrogen) atoms. The number of piperazine rings is 1. The summed E-state index contributed by atoms with van der Waals surface area (Å²) in [5.74, 6) is 0.289. The number of aromatic nitrogens is 4. The lowest BCUT2D eigenvalue weighted by Crippen LogP contribution is -2.58. The van der Waals surface area contributed by atoms with E-state index in [4.69, 9.17) is 4.98 Å². The molecule has 0 aliphatic carbocycles. The van der Waals surface area contributed by atoms with E-state index in [1.54, 1.807) is 19.1 Å². The third kappa shape index (κ3) is 4.84. The van der Waals surface area contributed by atoms with Crippen LogP contribution in [0.4, 0.5) is 10.1 Å². The van der Waals surface area contributed by atoms with Gasteiger partial charge in [-0.15, -0.1) is 0 Å². The molecule has 1 aromatic carbocycles. The number of amides is 1. The molecule has 0 radical (unpaired) electrons. The minimum absolute atomic E-state index is 0.0686. The van der Waals surface area contributed by atoms with Crippen LogP contribution >= 0.6 is 0 Å². The molecule has 2 saturated heterocycles. The fraction of sp³-hybridized carbons (Fsp3) is 0.481. The fourth-order valence-corrected chi connectivity index (χ4v) is 5.59. The van der Waals surface area contributed by atoms with Gasteiger partial charge in [-0.25, -0.2) is 14.4 Å². The van der Waals surface area contributed by atoms with Gasteiger partial charge in [0.2, 0.25) is 0 Å². The number of hydrogen-bond acceptors (Lipinski definition) is 6. The first kappa shape index (κ1) is 24.4. The molecule has 2 aromatic heterocycles. The van der Waals surface area contributed by atoms with E-state index in [2.05, 4.69) is 44.9 Å². The predicted molar refractivity (Wildman–Crippen MR) is 137 cm³/mol. The van der Waals surface area contributed by atoms with E-state index in [1.807, 2.05) is 11.0 Å². The third-order valence-electron chi connectivity index (χ3n) is 7.70. The number of carbonyl (C=O) groups is 1. The zero-order valence-corrected chi connectivity index (χ0v) is 21.2. The smallest absolute Gasteiger partial charge is 0.253 e. The predicted octanol–water partition coefficient (Wildman–Crippen LogP) is 3.83. The van der Waals surface area contributed by atoms with E-state index in [-0.39, 0.29) is 11.7 Å². The number of carbonyl (C=O) groups excluding carboxylic acids is 1. The summed E-state index contributed by atoms with van der Waals surface area (Å²) >= 11 is 0. The number of pyridine rings is 1. The Morgan fingerprint density at radius 3 is 2.58 bits per heavy atom. The fourth-order valence-electron chi connectivity index (χ4n) is 5.59. The van der Waals surface area contributed by atoms with E-state index in [0.29, 0.717) is 42.1 Å². The first-order chi connectivity index (χ1) is 17.4. The van der Waals surface area contributed by atoms with Gasteiger partial charge in [0.15, 0.2) is 5.82 Å². The average molecular weight is 492 g/mol. The number of H-pyrrole nitrogens is 1. The first-order valence-electron chi connectivity index (χ1n) is 12.8. The zero-order valence-electron chi connectivity index (χ0n) is 21.2. The average Bonchev–Trinajstić information content (AvgIpc) is 3.45. The molecule has 1 N–H and O–H groups in total. The van der Waals surface area contributed by atoms with Gasteiger partial charge < -0.3 is 9.80 Å². The van der Waals surface area contributed by atoms with Crippen molar-refractivity contribution < 1.29 is 9.18 Å². The van der Waals surface area contributed by atoms with Crippen molar-refractivity contribution in [2.75, 3.05) is 37.6 Å². The Bertz CT molecular complexity index is 1210. The molecule has 3 aromatic rings. The van der Waals surface area contributed by atoms with Crippen LogP contribution in [0.25, 0.3) is 11.5 Å². The van der Waals surface area contributed by atoms with Crippen molar-refractivity contribution in [1.29, 1.82) is 0 Å². The molecule has 1 amide bonds. The molecule has 0 bridgehead atoms. The summed E-state index contributed by atoms with van der Waals surface area (Å²) in [6, 6.07) is 9.83. The standard InChI is InChI=1S/C27H34FN7O/c1-4-21-16-34(25-8-7-24(31-19(25)3)26-29-17-30-32-26)13-14-35(21)22-9-11-33(12-10-22)27(36)20-6-5-18(2)23(28)15-20/h5-8,15,17,21-22H,4,9-14,16H2,1-3H3,(H,29,30,32)/t21-/m0/s1. The van der Waals surface area contributed by atoms with E-state index in [1.165, 1.54) is 18.1 Å². The minimum atomic E-state index is -0.322. The first-order valence-corrected chi connectivity index (χ1v) is 12.8. The second-order valence-electron chi connectivity index (χ2n) is 9.87. The van der Waals surface area contributed by atoms with Gasteiger partial charge in [0.05, 0.1) is 11.4 Å². The zero-order chi connectivity index (χ0) is 25.2. The van der Waals surface area contributed by atoms with E-state index >= 15 is 0 Å². The number of nitrogens with zero attached hydrogens (tertiary/aromatic N) is 6. The molecule has 8 nitrogen and oxygen atoms in total. The maximum atomic E-state index is 14.0. The van der Waals surface area contributed by atoms with Crippen molar-refractivity contribution in [3.63, 3.8) is 0 Å². The molecule has 0 spiro atoms. The molecule has 0 saturated carbocycles. The molecule has 2 fully saturated rings. The number of anilines is 1. The lowest BCUT2D eigenvalue weighted by molar-refractivity contribution is 0.0491. The molecule has 1 atom stereocenters. The van der Waals surface area contributed by atoms with Crippen LogP contribution in [-0.4, -0.2) is 80.7 Å². The van der Waals surface area contributed by atoms with Gasteiger partial charge in [-0.2, -0.15) is 5.10 Å². The van der Waals surface area contributed by atoms with Crippen molar-refractivity contribution in [2.24, 2.45) is 0 Å². The minimum Gasteiger partial charge on any atom is -0.367 e. The van der Waals surface area contributed by atoms with E-state index in [0.717, 1.165) is 50.3 Å². The quantitative estimate of drug-likeness (QED) is 0.584. The summed E-state index contributed by atoms with van der Waals surface area (Å²) in [4.78, 5) is 28.9. The van der Waals surface area contributed by atoms with Gasteiger partial charge in [0.1, 0.15) is 17.8 Å². The maximum Gasteiger partial charge on any atom is 0.253 e. The summed E-state index contributed by atoms with van der Waals surface area (Å²) in [7, 11) is 0. The number of aryl methyl sites for hydroxylation is 2. The Morgan fingerprint density at radius 2 is 1.92 bits per heavy atom. The van der Waals surface area contributed by atoms with Crippen LogP contribution in [0.1, 0.15) is 47.8 Å². The Labute approximate surface area is 211 Å². The molecule has 190 valence electrons. The van der Waals surface area contributed by atoms with Crippen LogP contribution in [-0.2, 0) is 0 Å². The van der Waals surface area contributed by atoms with Crippen molar-refractivity contribution in [1.82, 2.24) is 30.0 Å². The number of aromatic amines is 1. The van der Waals surface area contributed by atoms with Crippen molar-refractivity contribution in [3.8, 4) is 11.5 Å². The lowest BCUT2D eigenvalue weighted by atomic mass is 9.97. The Hall–Kier alpha value is -3.33. The number of hydrogen-bond donors (Lipinski definition) is 1. The summed E-state index contributed by atoms with van der Waals surface area (Å²) < 4.78 is 14.0. The SMILES string of the molecule is CC[C@H]1CN(c2ccc(-c3ncn[nH]3)nc2C)CCN1C1CCN(C(=O)c2ccc(C)c(F)c2)CC1. The summed E-state index contributed by atoms with van der Waals surface area (Å²) in [5, 5.41) is 6.80. The highest BCUT2D eigenvalue weighted by molar-refractivity contribution is 5.94. The molecule has 4 heterocycles. The van der Waals surface area contributed by atoms with Gasteiger partial charge >= 0.3 is 0 Å². The molecule has 5 rings (SSSR count). The van der Waals surface area contributed by atoms with Crippen LogP contribution in [0.3, 0.4) is 0 Å². The molecular weight excluding hydrogens is 457 g/mol. The summed E-state index contributed by atoms with van der Waals surface area (Å²) in [6.45, 7) is 10.3. The van der Waals surface area contributed by atoms with E-state index < -0.39 is 0 Å². The number of nitrogens with one attached hydrogen (secondary N) is 1. The van der Waals surface area contributed by atoms with Crippen LogP contribution in [0.5, 0.6) is 0 Å². The molecular formula is C27H34FN7O. The van der Waals surface area contributed by atoms with E-state index in [9.17, 15) is 9.18 Å². The summed E-state index contributed by atoms with van der Waals surface area (Å²) in [6.07, 6.45) is 4.46.